The Kier molecular flexibility index (Phi) is 4.81. The molecule has 1 aromatic heterocycles. The van der Waals surface area contributed by atoms with Gasteiger partial charge in [0.15, 0.2) is 0 Å². The highest BCUT2D eigenvalue weighted by molar-refractivity contribution is 5.98. The first kappa shape index (κ1) is 13.3. The van der Waals surface area contributed by atoms with Crippen molar-refractivity contribution in [3.8, 4) is 0 Å². The summed E-state index contributed by atoms with van der Waals surface area (Å²) >= 11 is 0. The van der Waals surface area contributed by atoms with Gasteiger partial charge in [-0.2, -0.15) is 0 Å². The molecule has 0 saturated heterocycles. The van der Waals surface area contributed by atoms with Crippen molar-refractivity contribution in [1.82, 2.24) is 9.88 Å². The minimum atomic E-state index is -2.54. The van der Waals surface area contributed by atoms with E-state index in [4.69, 9.17) is 0 Å². The van der Waals surface area contributed by atoms with Crippen molar-refractivity contribution in [1.29, 1.82) is 0 Å². The fourth-order valence-electron chi connectivity index (χ4n) is 1.38. The molecule has 0 aromatic carbocycles. The number of anilines is 1. The molecular weight excluding hydrogens is 228 g/mol. The molecule has 0 saturated carbocycles. The van der Waals surface area contributed by atoms with Crippen LogP contribution < -0.4 is 5.32 Å². The van der Waals surface area contributed by atoms with Crippen LogP contribution in [0.5, 0.6) is 0 Å². The molecule has 1 rings (SSSR count). The zero-order valence-corrected chi connectivity index (χ0v) is 9.78. The third-order valence-corrected chi connectivity index (χ3v) is 2.14. The maximum Gasteiger partial charge on any atom is 0.257 e. The largest absolute Gasteiger partial charge is 0.370 e. The van der Waals surface area contributed by atoms with Gasteiger partial charge in [0, 0.05) is 19.8 Å². The van der Waals surface area contributed by atoms with Gasteiger partial charge in [0.05, 0.1) is 12.1 Å². The van der Waals surface area contributed by atoms with E-state index in [9.17, 15) is 13.6 Å². The van der Waals surface area contributed by atoms with E-state index < -0.39 is 18.9 Å². The summed E-state index contributed by atoms with van der Waals surface area (Å²) in [6, 6.07) is 3.17. The molecule has 0 unspecified atom stereocenters. The average molecular weight is 243 g/mol. The molecule has 4 nitrogen and oxygen atoms in total. The van der Waals surface area contributed by atoms with Crippen molar-refractivity contribution in [2.75, 3.05) is 25.5 Å². The lowest BCUT2D eigenvalue weighted by Gasteiger charge is -2.18. The van der Waals surface area contributed by atoms with E-state index in [1.54, 1.807) is 18.3 Å². The van der Waals surface area contributed by atoms with Gasteiger partial charge in [-0.1, -0.05) is 0 Å². The van der Waals surface area contributed by atoms with E-state index in [0.717, 1.165) is 4.90 Å². The molecular formula is C11H15F2N3O. The minimum Gasteiger partial charge on any atom is -0.370 e. The Labute approximate surface area is 98.6 Å². The van der Waals surface area contributed by atoms with Gasteiger partial charge in [-0.05, 0) is 19.1 Å². The topological polar surface area (TPSA) is 45.2 Å². The molecule has 94 valence electrons. The Morgan fingerprint density at radius 3 is 2.88 bits per heavy atom. The Balaban J connectivity index is 2.87. The van der Waals surface area contributed by atoms with Crippen LogP contribution in [0, 0.1) is 0 Å². The molecule has 17 heavy (non-hydrogen) atoms. The lowest BCUT2D eigenvalue weighted by Crippen LogP contribution is -2.32. The predicted molar refractivity (Wildman–Crippen MR) is 61.4 cm³/mol. The summed E-state index contributed by atoms with van der Waals surface area (Å²) in [5.74, 6) is -0.0459. The lowest BCUT2D eigenvalue weighted by molar-refractivity contribution is 0.0621. The van der Waals surface area contributed by atoms with Gasteiger partial charge >= 0.3 is 0 Å². The predicted octanol–water partition coefficient (Wildman–Crippen LogP) is 1.85. The molecule has 1 amide bonds. The number of nitrogens with one attached hydrogen (secondary N) is 1. The summed E-state index contributed by atoms with van der Waals surface area (Å²) in [5.41, 5.74) is 0.303. The number of halogens is 2. The monoisotopic (exact) mass is 243 g/mol. The molecule has 0 aliphatic rings. The Bertz CT molecular complexity index is 385. The number of amides is 1. The van der Waals surface area contributed by atoms with Gasteiger partial charge in [0.25, 0.3) is 12.3 Å². The van der Waals surface area contributed by atoms with Crippen LogP contribution in [0.2, 0.25) is 0 Å². The first-order valence-electron chi connectivity index (χ1n) is 5.28. The number of carbonyl (C=O) groups is 1. The summed E-state index contributed by atoms with van der Waals surface area (Å²) in [6.45, 7) is 1.89. The van der Waals surface area contributed by atoms with Crippen LogP contribution in [0.1, 0.15) is 17.3 Å². The SMILES string of the molecule is CCNc1ncccc1C(=O)N(C)CC(F)F. The van der Waals surface area contributed by atoms with E-state index in [2.05, 4.69) is 10.3 Å². The number of nitrogens with zero attached hydrogens (tertiary/aromatic N) is 2. The van der Waals surface area contributed by atoms with Gasteiger partial charge in [-0.3, -0.25) is 4.79 Å². The summed E-state index contributed by atoms with van der Waals surface area (Å²) in [5, 5.41) is 2.92. The van der Waals surface area contributed by atoms with Crippen molar-refractivity contribution < 1.29 is 13.6 Å². The average Bonchev–Trinajstić information content (AvgIpc) is 2.28. The van der Waals surface area contributed by atoms with Crippen LogP contribution in [0.3, 0.4) is 0 Å². The molecule has 0 aliphatic heterocycles. The highest BCUT2D eigenvalue weighted by Gasteiger charge is 2.18. The second-order valence-corrected chi connectivity index (χ2v) is 3.51. The third-order valence-electron chi connectivity index (χ3n) is 2.14. The van der Waals surface area contributed by atoms with E-state index in [1.165, 1.54) is 7.05 Å². The summed E-state index contributed by atoms with van der Waals surface area (Å²) < 4.78 is 24.4. The summed E-state index contributed by atoms with van der Waals surface area (Å²) in [6.07, 6.45) is -0.995. The van der Waals surface area contributed by atoms with E-state index in [0.29, 0.717) is 17.9 Å². The smallest absolute Gasteiger partial charge is 0.257 e. The van der Waals surface area contributed by atoms with Crippen LogP contribution in [0.15, 0.2) is 18.3 Å². The quantitative estimate of drug-likeness (QED) is 0.858. The van der Waals surface area contributed by atoms with Crippen LogP contribution in [-0.2, 0) is 0 Å². The highest BCUT2D eigenvalue weighted by atomic mass is 19.3. The molecule has 0 bridgehead atoms. The Morgan fingerprint density at radius 1 is 1.59 bits per heavy atom. The van der Waals surface area contributed by atoms with Crippen LogP contribution >= 0.6 is 0 Å². The van der Waals surface area contributed by atoms with Gasteiger partial charge in [-0.25, -0.2) is 13.8 Å². The standard InChI is InChI=1S/C11H15F2N3O/c1-3-14-10-8(5-4-6-15-10)11(17)16(2)7-9(12)13/h4-6,9H,3,7H2,1-2H3,(H,14,15). The Morgan fingerprint density at radius 2 is 2.29 bits per heavy atom. The van der Waals surface area contributed by atoms with Crippen LogP contribution in [-0.4, -0.2) is 42.4 Å². The van der Waals surface area contributed by atoms with Crippen LogP contribution in [0.4, 0.5) is 14.6 Å². The second-order valence-electron chi connectivity index (χ2n) is 3.51. The first-order chi connectivity index (χ1) is 8.06. The number of hydrogen-bond donors (Lipinski definition) is 1. The van der Waals surface area contributed by atoms with E-state index in [-0.39, 0.29) is 0 Å². The number of alkyl halides is 2. The fourth-order valence-corrected chi connectivity index (χ4v) is 1.38. The maximum absolute atomic E-state index is 12.2. The van der Waals surface area contributed by atoms with Gasteiger partial charge in [0.2, 0.25) is 0 Å². The molecule has 1 N–H and O–H groups in total. The van der Waals surface area contributed by atoms with Gasteiger partial charge in [0.1, 0.15) is 5.82 Å². The number of pyridine rings is 1. The minimum absolute atomic E-state index is 0.303. The highest BCUT2D eigenvalue weighted by Crippen LogP contribution is 2.14. The van der Waals surface area contributed by atoms with Crippen molar-refractivity contribution >= 4 is 11.7 Å². The normalized spacial score (nSPS) is 10.4. The molecule has 0 atom stereocenters. The number of aromatic nitrogens is 1. The molecule has 1 aromatic rings. The number of rotatable bonds is 5. The van der Waals surface area contributed by atoms with Gasteiger partial charge in [-0.15, -0.1) is 0 Å². The summed E-state index contributed by atoms with van der Waals surface area (Å²) in [4.78, 5) is 16.9. The third kappa shape index (κ3) is 3.65. The molecule has 0 aliphatic carbocycles. The fraction of sp³-hybridized carbons (Fsp3) is 0.455. The lowest BCUT2D eigenvalue weighted by atomic mass is 10.2. The summed E-state index contributed by atoms with van der Waals surface area (Å²) in [7, 11) is 1.34. The number of carbonyl (C=O) groups excluding carboxylic acids is 1. The van der Waals surface area contributed by atoms with Crippen molar-refractivity contribution in [3.05, 3.63) is 23.9 Å². The molecule has 0 radical (unpaired) electrons. The van der Waals surface area contributed by atoms with Gasteiger partial charge < -0.3 is 10.2 Å². The zero-order chi connectivity index (χ0) is 12.8. The van der Waals surface area contributed by atoms with E-state index >= 15 is 0 Å². The maximum atomic E-state index is 12.2. The zero-order valence-electron chi connectivity index (χ0n) is 9.78. The first-order valence-corrected chi connectivity index (χ1v) is 5.28. The molecule has 0 fully saturated rings. The Hall–Kier alpha value is -1.72. The second kappa shape index (κ2) is 6.12. The van der Waals surface area contributed by atoms with Crippen LogP contribution in [0.25, 0.3) is 0 Å². The van der Waals surface area contributed by atoms with Crippen molar-refractivity contribution in [2.45, 2.75) is 13.3 Å². The van der Waals surface area contributed by atoms with Crippen molar-refractivity contribution in [3.63, 3.8) is 0 Å². The molecule has 6 heteroatoms. The van der Waals surface area contributed by atoms with Crippen molar-refractivity contribution in [2.24, 2.45) is 0 Å². The van der Waals surface area contributed by atoms with E-state index in [1.807, 2.05) is 6.92 Å². The molecule has 0 spiro atoms. The number of hydrogen-bond acceptors (Lipinski definition) is 3. The molecule has 1 heterocycles.